The van der Waals surface area contributed by atoms with E-state index >= 15 is 0 Å². The van der Waals surface area contributed by atoms with Crippen LogP contribution in [-0.4, -0.2) is 21.9 Å². The van der Waals surface area contributed by atoms with Crippen molar-refractivity contribution in [3.05, 3.63) is 0 Å². The first kappa shape index (κ1) is 15.0. The minimum absolute atomic E-state index is 0.590. The molecule has 1 aliphatic rings. The molecule has 0 radical (unpaired) electrons. The molecular weight excluding hydrogens is 212 g/mol. The van der Waals surface area contributed by atoms with Crippen LogP contribution in [0, 0.1) is 0 Å². The number of hydrogen-bond acceptors (Lipinski definition) is 2. The molecule has 1 fully saturated rings. The highest BCUT2D eigenvalue weighted by atomic mass is 16.3. The molecule has 1 atom stereocenters. The van der Waals surface area contributed by atoms with E-state index in [0.717, 1.165) is 25.7 Å². The van der Waals surface area contributed by atoms with Crippen LogP contribution >= 0.6 is 0 Å². The average Bonchev–Trinajstić information content (AvgIpc) is 2.31. The second kappa shape index (κ2) is 8.10. The second-order valence-corrected chi connectivity index (χ2v) is 5.82. The average molecular weight is 242 g/mol. The van der Waals surface area contributed by atoms with Gasteiger partial charge in [0.05, 0.1) is 11.7 Å². The maximum absolute atomic E-state index is 10.5. The smallest absolute Gasteiger partial charge is 0.0902 e. The molecule has 0 bridgehead atoms. The fourth-order valence-corrected chi connectivity index (χ4v) is 2.82. The van der Waals surface area contributed by atoms with Crippen molar-refractivity contribution in [1.82, 2.24) is 0 Å². The van der Waals surface area contributed by atoms with Crippen molar-refractivity contribution in [1.29, 1.82) is 0 Å². The van der Waals surface area contributed by atoms with Crippen LogP contribution in [0.3, 0.4) is 0 Å². The summed E-state index contributed by atoms with van der Waals surface area (Å²) in [7, 11) is 0. The first-order chi connectivity index (χ1) is 8.15. The van der Waals surface area contributed by atoms with Crippen LogP contribution in [0.1, 0.15) is 84.0 Å². The van der Waals surface area contributed by atoms with Gasteiger partial charge in [-0.3, -0.25) is 0 Å². The van der Waals surface area contributed by atoms with E-state index in [4.69, 9.17) is 0 Å². The lowest BCUT2D eigenvalue weighted by Gasteiger charge is -2.31. The van der Waals surface area contributed by atoms with Crippen molar-refractivity contribution in [2.45, 2.75) is 95.7 Å². The van der Waals surface area contributed by atoms with Crippen LogP contribution in [0.2, 0.25) is 0 Å². The molecular formula is C15H30O2. The van der Waals surface area contributed by atoms with E-state index < -0.39 is 11.7 Å². The van der Waals surface area contributed by atoms with Crippen LogP contribution in [0.15, 0.2) is 0 Å². The standard InChI is InChI=1S/C15H30O2/c1-14(16)15(17)12-10-8-6-4-2-3-5-7-9-11-13-15/h14,16-17H,2-13H2,1H3. The lowest BCUT2D eigenvalue weighted by molar-refractivity contribution is -0.0797. The SMILES string of the molecule is CC(O)C1(O)CCCCCCCCCCCC1. The lowest BCUT2D eigenvalue weighted by atomic mass is 9.86. The molecule has 1 rings (SSSR count). The summed E-state index contributed by atoms with van der Waals surface area (Å²) in [6.07, 6.45) is 13.5. The van der Waals surface area contributed by atoms with Crippen LogP contribution in [0.25, 0.3) is 0 Å². The van der Waals surface area contributed by atoms with Gasteiger partial charge in [-0.1, -0.05) is 64.2 Å². The molecule has 0 aliphatic heterocycles. The fraction of sp³-hybridized carbons (Fsp3) is 1.00. The third-order valence-electron chi connectivity index (χ3n) is 4.25. The molecule has 0 spiro atoms. The third kappa shape index (κ3) is 5.87. The van der Waals surface area contributed by atoms with Crippen LogP contribution in [-0.2, 0) is 0 Å². The zero-order valence-corrected chi connectivity index (χ0v) is 11.5. The van der Waals surface area contributed by atoms with Gasteiger partial charge in [0.25, 0.3) is 0 Å². The topological polar surface area (TPSA) is 40.5 Å². The molecule has 0 heterocycles. The lowest BCUT2D eigenvalue weighted by Crippen LogP contribution is -2.40. The highest BCUT2D eigenvalue weighted by Gasteiger charge is 2.31. The summed E-state index contributed by atoms with van der Waals surface area (Å²) in [6.45, 7) is 1.73. The van der Waals surface area contributed by atoms with Gasteiger partial charge in [-0.15, -0.1) is 0 Å². The van der Waals surface area contributed by atoms with Gasteiger partial charge in [-0.25, -0.2) is 0 Å². The number of hydrogen-bond donors (Lipinski definition) is 2. The maximum Gasteiger partial charge on any atom is 0.0902 e. The summed E-state index contributed by atoms with van der Waals surface area (Å²) in [5.41, 5.74) is -0.825. The van der Waals surface area contributed by atoms with Crippen LogP contribution in [0.4, 0.5) is 0 Å². The predicted molar refractivity (Wildman–Crippen MR) is 72.0 cm³/mol. The highest BCUT2D eigenvalue weighted by Crippen LogP contribution is 2.27. The third-order valence-corrected chi connectivity index (χ3v) is 4.25. The van der Waals surface area contributed by atoms with E-state index in [1.807, 2.05) is 0 Å². The van der Waals surface area contributed by atoms with Crippen molar-refractivity contribution in [2.24, 2.45) is 0 Å². The van der Waals surface area contributed by atoms with E-state index in [0.29, 0.717) is 0 Å². The fourth-order valence-electron chi connectivity index (χ4n) is 2.82. The quantitative estimate of drug-likeness (QED) is 0.734. The summed E-state index contributed by atoms with van der Waals surface area (Å²) >= 11 is 0. The monoisotopic (exact) mass is 242 g/mol. The summed E-state index contributed by atoms with van der Waals surface area (Å²) in [4.78, 5) is 0. The predicted octanol–water partition coefficient (Wildman–Crippen LogP) is 3.79. The molecule has 2 nitrogen and oxygen atoms in total. The largest absolute Gasteiger partial charge is 0.390 e. The Morgan fingerprint density at radius 1 is 0.706 bits per heavy atom. The second-order valence-electron chi connectivity index (χ2n) is 5.82. The molecule has 102 valence electrons. The molecule has 0 aromatic heterocycles. The van der Waals surface area contributed by atoms with Gasteiger partial charge in [-0.05, 0) is 19.8 Å². The van der Waals surface area contributed by atoms with Crippen LogP contribution in [0.5, 0.6) is 0 Å². The van der Waals surface area contributed by atoms with E-state index in [1.54, 1.807) is 6.92 Å². The molecule has 17 heavy (non-hydrogen) atoms. The zero-order valence-electron chi connectivity index (χ0n) is 11.5. The molecule has 2 heteroatoms. The Hall–Kier alpha value is -0.0800. The Labute approximate surface area is 106 Å². The molecule has 1 saturated carbocycles. The van der Waals surface area contributed by atoms with E-state index in [-0.39, 0.29) is 0 Å². The van der Waals surface area contributed by atoms with Crippen molar-refractivity contribution in [3.63, 3.8) is 0 Å². The molecule has 0 aromatic rings. The first-order valence-electron chi connectivity index (χ1n) is 7.55. The number of aliphatic hydroxyl groups excluding tert-OH is 1. The Morgan fingerprint density at radius 3 is 1.29 bits per heavy atom. The van der Waals surface area contributed by atoms with Crippen molar-refractivity contribution in [3.8, 4) is 0 Å². The van der Waals surface area contributed by atoms with Crippen molar-refractivity contribution in [2.75, 3.05) is 0 Å². The van der Waals surface area contributed by atoms with Gasteiger partial charge in [0.15, 0.2) is 0 Å². The first-order valence-corrected chi connectivity index (χ1v) is 7.55. The molecule has 0 amide bonds. The number of aliphatic hydroxyl groups is 2. The Balaban J connectivity index is 2.41. The minimum atomic E-state index is -0.825. The summed E-state index contributed by atoms with van der Waals surface area (Å²) in [5, 5.41) is 20.2. The van der Waals surface area contributed by atoms with Gasteiger partial charge in [0.1, 0.15) is 0 Å². The Bertz CT molecular complexity index is 175. The number of rotatable bonds is 1. The maximum atomic E-state index is 10.5. The van der Waals surface area contributed by atoms with Crippen molar-refractivity contribution < 1.29 is 10.2 Å². The van der Waals surface area contributed by atoms with E-state index in [9.17, 15) is 10.2 Å². The summed E-state index contributed by atoms with van der Waals surface area (Å²) in [5.74, 6) is 0. The van der Waals surface area contributed by atoms with Gasteiger partial charge < -0.3 is 10.2 Å². The van der Waals surface area contributed by atoms with Crippen LogP contribution < -0.4 is 0 Å². The summed E-state index contributed by atoms with van der Waals surface area (Å²) in [6, 6.07) is 0. The van der Waals surface area contributed by atoms with Gasteiger partial charge in [0, 0.05) is 0 Å². The minimum Gasteiger partial charge on any atom is -0.390 e. The van der Waals surface area contributed by atoms with Crippen molar-refractivity contribution >= 4 is 0 Å². The molecule has 1 aliphatic carbocycles. The van der Waals surface area contributed by atoms with Gasteiger partial charge in [-0.2, -0.15) is 0 Å². The Morgan fingerprint density at radius 2 is 1.00 bits per heavy atom. The zero-order chi connectivity index (χ0) is 12.6. The van der Waals surface area contributed by atoms with Gasteiger partial charge in [0.2, 0.25) is 0 Å². The molecule has 0 saturated heterocycles. The highest BCUT2D eigenvalue weighted by molar-refractivity contribution is 4.83. The molecule has 1 unspecified atom stereocenters. The summed E-state index contributed by atoms with van der Waals surface area (Å²) < 4.78 is 0. The van der Waals surface area contributed by atoms with Gasteiger partial charge >= 0.3 is 0 Å². The van der Waals surface area contributed by atoms with E-state index in [1.165, 1.54) is 51.4 Å². The Kier molecular flexibility index (Phi) is 7.14. The molecule has 0 aromatic carbocycles. The van der Waals surface area contributed by atoms with E-state index in [2.05, 4.69) is 0 Å². The normalized spacial score (nSPS) is 26.3. The molecule has 2 N–H and O–H groups in total.